The molecule has 0 unspecified atom stereocenters. The van der Waals surface area contributed by atoms with Crippen LogP contribution in [0.1, 0.15) is 57.8 Å². The highest BCUT2D eigenvalue weighted by molar-refractivity contribution is 5.80. The third kappa shape index (κ3) is 5.05. The molecule has 2 amide bonds. The van der Waals surface area contributed by atoms with Crippen LogP contribution in [0.3, 0.4) is 0 Å². The molecule has 1 heterocycles. The van der Waals surface area contributed by atoms with E-state index in [-0.39, 0.29) is 48.9 Å². The van der Waals surface area contributed by atoms with Gasteiger partial charge in [-0.2, -0.15) is 0 Å². The Morgan fingerprint density at radius 1 is 1.00 bits per heavy atom. The zero-order valence-electron chi connectivity index (χ0n) is 14.8. The smallest absolute Gasteiger partial charge is 0.223 e. The van der Waals surface area contributed by atoms with Gasteiger partial charge in [0.2, 0.25) is 11.8 Å². The Balaban J connectivity index is 1.47. The molecule has 2 fully saturated rings. The van der Waals surface area contributed by atoms with Crippen molar-refractivity contribution in [2.24, 2.45) is 5.92 Å². The number of rotatable bonds is 6. The van der Waals surface area contributed by atoms with E-state index in [1.807, 2.05) is 12.2 Å². The van der Waals surface area contributed by atoms with Gasteiger partial charge in [0.25, 0.3) is 0 Å². The summed E-state index contributed by atoms with van der Waals surface area (Å²) in [5, 5.41) is 15.6. The summed E-state index contributed by atoms with van der Waals surface area (Å²) in [6, 6.07) is -0.0345. The molecule has 6 heteroatoms. The lowest BCUT2D eigenvalue weighted by Gasteiger charge is -2.34. The van der Waals surface area contributed by atoms with Gasteiger partial charge >= 0.3 is 0 Å². The second-order valence-corrected chi connectivity index (χ2v) is 7.55. The maximum atomic E-state index is 12.2. The summed E-state index contributed by atoms with van der Waals surface area (Å²) in [4.78, 5) is 24.3. The lowest BCUT2D eigenvalue weighted by atomic mass is 9.84. The van der Waals surface area contributed by atoms with E-state index in [0.717, 1.165) is 32.1 Å². The first-order valence-electron chi connectivity index (χ1n) is 9.70. The van der Waals surface area contributed by atoms with Gasteiger partial charge in [0.05, 0.1) is 25.2 Å². The van der Waals surface area contributed by atoms with Crippen LogP contribution >= 0.6 is 0 Å². The van der Waals surface area contributed by atoms with Crippen LogP contribution in [0.5, 0.6) is 0 Å². The van der Waals surface area contributed by atoms with Crippen LogP contribution in [-0.2, 0) is 14.3 Å². The average Bonchev–Trinajstić information content (AvgIpc) is 2.55. The van der Waals surface area contributed by atoms with E-state index in [4.69, 9.17) is 4.74 Å². The number of hydrogen-bond donors (Lipinski definition) is 3. The quantitative estimate of drug-likeness (QED) is 0.632. The largest absolute Gasteiger partial charge is 0.394 e. The van der Waals surface area contributed by atoms with E-state index in [1.165, 1.54) is 19.3 Å². The molecular formula is C19H30N2O4. The molecule has 0 aromatic carbocycles. The van der Waals surface area contributed by atoms with Gasteiger partial charge in [-0.1, -0.05) is 37.8 Å². The van der Waals surface area contributed by atoms with Crippen molar-refractivity contribution in [1.29, 1.82) is 0 Å². The first-order valence-corrected chi connectivity index (χ1v) is 9.70. The van der Waals surface area contributed by atoms with Crippen LogP contribution in [-0.4, -0.2) is 47.8 Å². The minimum Gasteiger partial charge on any atom is -0.394 e. The Morgan fingerprint density at radius 3 is 2.40 bits per heavy atom. The van der Waals surface area contributed by atoms with Crippen LogP contribution in [0, 0.1) is 5.92 Å². The fraction of sp³-hybridized carbons (Fsp3) is 0.789. The molecule has 0 spiro atoms. The molecule has 3 aliphatic rings. The number of aliphatic hydroxyl groups is 1. The highest BCUT2D eigenvalue weighted by Crippen LogP contribution is 2.27. The van der Waals surface area contributed by atoms with E-state index >= 15 is 0 Å². The van der Waals surface area contributed by atoms with E-state index < -0.39 is 6.10 Å². The highest BCUT2D eigenvalue weighted by Gasteiger charge is 2.32. The molecule has 2 saturated carbocycles. The SMILES string of the molecule is O=C(C[C@H]1C=C[C@H](NC(=O)C2CCC2)[C@H](CO)O1)NC1CCCCC1. The van der Waals surface area contributed by atoms with Crippen molar-refractivity contribution >= 4 is 11.8 Å². The molecule has 1 aliphatic heterocycles. The Morgan fingerprint density at radius 2 is 1.76 bits per heavy atom. The average molecular weight is 350 g/mol. The summed E-state index contributed by atoms with van der Waals surface area (Å²) >= 11 is 0. The fourth-order valence-electron chi connectivity index (χ4n) is 3.80. The standard InChI is InChI=1S/C19H30N2O4/c22-12-17-16(21-19(24)13-5-4-6-13)10-9-15(25-17)11-18(23)20-14-7-2-1-3-8-14/h9-10,13-17,22H,1-8,11-12H2,(H,20,23)(H,21,24)/t15-,16+,17+/m1/s1. The van der Waals surface area contributed by atoms with E-state index in [2.05, 4.69) is 10.6 Å². The molecule has 140 valence electrons. The molecule has 2 aliphatic carbocycles. The van der Waals surface area contributed by atoms with E-state index in [9.17, 15) is 14.7 Å². The van der Waals surface area contributed by atoms with Crippen molar-refractivity contribution in [2.45, 2.75) is 82.1 Å². The Hall–Kier alpha value is -1.40. The van der Waals surface area contributed by atoms with Crippen LogP contribution in [0.25, 0.3) is 0 Å². The summed E-state index contributed by atoms with van der Waals surface area (Å²) in [7, 11) is 0. The monoisotopic (exact) mass is 350 g/mol. The molecule has 25 heavy (non-hydrogen) atoms. The number of amides is 2. The molecular weight excluding hydrogens is 320 g/mol. The van der Waals surface area contributed by atoms with Crippen molar-refractivity contribution in [1.82, 2.24) is 10.6 Å². The first kappa shape index (κ1) is 18.4. The zero-order chi connectivity index (χ0) is 17.6. The van der Waals surface area contributed by atoms with Gasteiger partial charge in [-0.05, 0) is 25.7 Å². The Labute approximate surface area is 149 Å². The number of carbonyl (C=O) groups excluding carboxylic acids is 2. The molecule has 3 rings (SSSR count). The summed E-state index contributed by atoms with van der Waals surface area (Å²) < 4.78 is 5.83. The maximum absolute atomic E-state index is 12.2. The van der Waals surface area contributed by atoms with Gasteiger partial charge in [0, 0.05) is 12.0 Å². The normalized spacial score (nSPS) is 30.5. The second-order valence-electron chi connectivity index (χ2n) is 7.55. The number of ether oxygens (including phenoxy) is 1. The number of hydrogen-bond acceptors (Lipinski definition) is 4. The molecule has 0 aromatic heterocycles. The lowest BCUT2D eigenvalue weighted by molar-refractivity contribution is -0.132. The van der Waals surface area contributed by atoms with Crippen molar-refractivity contribution < 1.29 is 19.4 Å². The minimum absolute atomic E-state index is 0.00445. The first-order chi connectivity index (χ1) is 12.2. The maximum Gasteiger partial charge on any atom is 0.223 e. The summed E-state index contributed by atoms with van der Waals surface area (Å²) in [6.45, 7) is -0.180. The van der Waals surface area contributed by atoms with Gasteiger partial charge in [-0.25, -0.2) is 0 Å². The minimum atomic E-state index is -0.499. The molecule has 0 bridgehead atoms. The lowest BCUT2D eigenvalue weighted by Crippen LogP contribution is -2.51. The second kappa shape index (κ2) is 8.81. The van der Waals surface area contributed by atoms with Crippen molar-refractivity contribution in [3.8, 4) is 0 Å². The number of nitrogens with one attached hydrogen (secondary N) is 2. The van der Waals surface area contributed by atoms with E-state index in [1.54, 1.807) is 0 Å². The third-order valence-corrected chi connectivity index (χ3v) is 5.60. The van der Waals surface area contributed by atoms with Crippen LogP contribution < -0.4 is 10.6 Å². The summed E-state index contributed by atoms with van der Waals surface area (Å²) in [6.07, 6.45) is 11.8. The van der Waals surface area contributed by atoms with E-state index in [0.29, 0.717) is 0 Å². The third-order valence-electron chi connectivity index (χ3n) is 5.60. The number of aliphatic hydroxyl groups excluding tert-OH is 1. The zero-order valence-corrected chi connectivity index (χ0v) is 14.8. The van der Waals surface area contributed by atoms with Gasteiger partial charge in [-0.15, -0.1) is 0 Å². The van der Waals surface area contributed by atoms with Crippen molar-refractivity contribution in [3.05, 3.63) is 12.2 Å². The Kier molecular flexibility index (Phi) is 6.48. The van der Waals surface area contributed by atoms with Gasteiger partial charge in [0.1, 0.15) is 6.10 Å². The van der Waals surface area contributed by atoms with Crippen LogP contribution in [0.15, 0.2) is 12.2 Å². The Bertz CT molecular complexity index is 498. The topological polar surface area (TPSA) is 87.7 Å². The molecule has 3 N–H and O–H groups in total. The predicted molar refractivity (Wildman–Crippen MR) is 93.8 cm³/mol. The molecule has 0 aromatic rings. The van der Waals surface area contributed by atoms with Crippen LogP contribution in [0.4, 0.5) is 0 Å². The van der Waals surface area contributed by atoms with Gasteiger partial charge in [0.15, 0.2) is 0 Å². The molecule has 3 atom stereocenters. The highest BCUT2D eigenvalue weighted by atomic mass is 16.5. The summed E-state index contributed by atoms with van der Waals surface area (Å²) in [5.41, 5.74) is 0. The number of carbonyl (C=O) groups is 2. The van der Waals surface area contributed by atoms with Crippen LogP contribution in [0.2, 0.25) is 0 Å². The molecule has 0 radical (unpaired) electrons. The fourth-order valence-corrected chi connectivity index (χ4v) is 3.80. The summed E-state index contributed by atoms with van der Waals surface area (Å²) in [5.74, 6) is 0.137. The van der Waals surface area contributed by atoms with Crippen molar-refractivity contribution in [3.63, 3.8) is 0 Å². The molecule has 6 nitrogen and oxygen atoms in total. The molecule has 0 saturated heterocycles. The van der Waals surface area contributed by atoms with Gasteiger partial charge < -0.3 is 20.5 Å². The van der Waals surface area contributed by atoms with Gasteiger partial charge in [-0.3, -0.25) is 9.59 Å². The predicted octanol–water partition coefficient (Wildman–Crippen LogP) is 1.43. The van der Waals surface area contributed by atoms with Crippen molar-refractivity contribution in [2.75, 3.05) is 6.61 Å².